The third-order valence-electron chi connectivity index (χ3n) is 2.78. The molecule has 0 radical (unpaired) electrons. The van der Waals surface area contributed by atoms with Crippen molar-refractivity contribution < 1.29 is 4.79 Å². The second-order valence-electron chi connectivity index (χ2n) is 4.45. The number of urea groups is 1. The van der Waals surface area contributed by atoms with E-state index in [9.17, 15) is 4.79 Å². The number of rotatable bonds is 3. The van der Waals surface area contributed by atoms with Gasteiger partial charge in [0.15, 0.2) is 0 Å². The van der Waals surface area contributed by atoms with Gasteiger partial charge in [0.25, 0.3) is 0 Å². The first-order chi connectivity index (χ1) is 10.0. The lowest BCUT2D eigenvalue weighted by molar-refractivity contribution is 0.255. The Morgan fingerprint density at radius 2 is 1.90 bits per heavy atom. The van der Waals surface area contributed by atoms with E-state index in [1.54, 1.807) is 24.4 Å². The van der Waals surface area contributed by atoms with Crippen LogP contribution in [0.3, 0.4) is 0 Å². The van der Waals surface area contributed by atoms with Gasteiger partial charge in [-0.2, -0.15) is 0 Å². The van der Waals surface area contributed by atoms with Gasteiger partial charge in [0.2, 0.25) is 0 Å². The fraction of sp³-hybridized carbons (Fsp3) is 0.0625. The van der Waals surface area contributed by atoms with Crippen LogP contribution < -0.4 is 10.6 Å². The van der Waals surface area contributed by atoms with E-state index in [0.29, 0.717) is 5.02 Å². The van der Waals surface area contributed by atoms with Gasteiger partial charge in [-0.25, -0.2) is 4.79 Å². The Balaban J connectivity index is 1.89. The van der Waals surface area contributed by atoms with Crippen LogP contribution in [0.4, 0.5) is 10.5 Å². The van der Waals surface area contributed by atoms with Crippen molar-refractivity contribution in [3.63, 3.8) is 0 Å². The number of nitrogens with one attached hydrogen (secondary N) is 2. The molecule has 0 heterocycles. The van der Waals surface area contributed by atoms with E-state index in [-0.39, 0.29) is 6.03 Å². The third kappa shape index (κ3) is 4.92. The van der Waals surface area contributed by atoms with E-state index in [1.807, 2.05) is 37.3 Å². The van der Waals surface area contributed by atoms with Crippen molar-refractivity contribution in [2.75, 3.05) is 5.32 Å². The molecule has 2 N–H and O–H groups in total. The molecule has 108 valence electrons. The number of benzene rings is 2. The molecular formula is C16H14BrClN2O. The smallest absolute Gasteiger partial charge is 0.314 e. The first-order valence-electron chi connectivity index (χ1n) is 6.30. The number of anilines is 1. The Bertz CT molecular complexity index is 668. The van der Waals surface area contributed by atoms with Gasteiger partial charge in [-0.3, -0.25) is 0 Å². The van der Waals surface area contributed by atoms with E-state index in [4.69, 9.17) is 11.6 Å². The Morgan fingerprint density at radius 1 is 1.19 bits per heavy atom. The van der Waals surface area contributed by atoms with Gasteiger partial charge in [-0.1, -0.05) is 39.7 Å². The largest absolute Gasteiger partial charge is 0.323 e. The monoisotopic (exact) mass is 364 g/mol. The number of hydrogen-bond donors (Lipinski definition) is 2. The topological polar surface area (TPSA) is 41.1 Å². The highest BCUT2D eigenvalue weighted by atomic mass is 79.9. The highest BCUT2D eigenvalue weighted by Crippen LogP contribution is 2.19. The minimum atomic E-state index is -0.290. The Labute approximate surface area is 137 Å². The van der Waals surface area contributed by atoms with Crippen LogP contribution in [0.1, 0.15) is 11.1 Å². The molecule has 0 unspecified atom stereocenters. The van der Waals surface area contributed by atoms with Gasteiger partial charge in [0.1, 0.15) is 0 Å². The normalized spacial score (nSPS) is 10.6. The predicted octanol–water partition coefficient (Wildman–Crippen LogP) is 5.20. The summed E-state index contributed by atoms with van der Waals surface area (Å²) < 4.78 is 1.01. The molecule has 2 amide bonds. The van der Waals surface area contributed by atoms with Crippen LogP contribution in [0.15, 0.2) is 53.1 Å². The molecule has 0 aliphatic carbocycles. The summed E-state index contributed by atoms with van der Waals surface area (Å²) >= 11 is 9.22. The SMILES string of the molecule is Cc1cc(NC(=O)N/C=C/c2ccc(Cl)cc2)ccc1Br. The van der Waals surface area contributed by atoms with Crippen molar-refractivity contribution in [1.82, 2.24) is 5.32 Å². The summed E-state index contributed by atoms with van der Waals surface area (Å²) in [6.07, 6.45) is 3.38. The second-order valence-corrected chi connectivity index (χ2v) is 5.74. The quantitative estimate of drug-likeness (QED) is 0.771. The highest BCUT2D eigenvalue weighted by molar-refractivity contribution is 9.10. The Hall–Kier alpha value is -1.78. The number of amides is 2. The molecule has 0 aromatic heterocycles. The molecule has 2 rings (SSSR count). The van der Waals surface area contributed by atoms with Crippen LogP contribution in [0.5, 0.6) is 0 Å². The van der Waals surface area contributed by atoms with Crippen LogP contribution in [0.25, 0.3) is 6.08 Å². The van der Waals surface area contributed by atoms with Gasteiger partial charge in [0, 0.05) is 21.4 Å². The van der Waals surface area contributed by atoms with Crippen molar-refractivity contribution in [1.29, 1.82) is 0 Å². The van der Waals surface area contributed by atoms with Gasteiger partial charge < -0.3 is 10.6 Å². The predicted molar refractivity (Wildman–Crippen MR) is 91.5 cm³/mol. The maximum absolute atomic E-state index is 11.7. The maximum Gasteiger partial charge on any atom is 0.323 e. The van der Waals surface area contributed by atoms with Gasteiger partial charge in [-0.05, 0) is 54.5 Å². The van der Waals surface area contributed by atoms with Crippen molar-refractivity contribution >= 4 is 45.3 Å². The van der Waals surface area contributed by atoms with Crippen LogP contribution in [0, 0.1) is 6.92 Å². The van der Waals surface area contributed by atoms with Gasteiger partial charge in [-0.15, -0.1) is 0 Å². The molecule has 0 bridgehead atoms. The molecule has 0 spiro atoms. The summed E-state index contributed by atoms with van der Waals surface area (Å²) in [5.74, 6) is 0. The molecule has 3 nitrogen and oxygen atoms in total. The third-order valence-corrected chi connectivity index (χ3v) is 3.92. The summed E-state index contributed by atoms with van der Waals surface area (Å²) in [5.41, 5.74) is 2.76. The summed E-state index contributed by atoms with van der Waals surface area (Å²) in [4.78, 5) is 11.7. The number of aryl methyl sites for hydroxylation is 1. The Morgan fingerprint density at radius 3 is 2.57 bits per heavy atom. The van der Waals surface area contributed by atoms with Crippen molar-refractivity contribution in [3.8, 4) is 0 Å². The van der Waals surface area contributed by atoms with Crippen LogP contribution in [-0.2, 0) is 0 Å². The molecule has 2 aromatic carbocycles. The molecule has 0 aliphatic heterocycles. The second kappa shape index (κ2) is 7.29. The average molecular weight is 366 g/mol. The van der Waals surface area contributed by atoms with E-state index >= 15 is 0 Å². The van der Waals surface area contributed by atoms with Crippen LogP contribution in [0.2, 0.25) is 5.02 Å². The average Bonchev–Trinajstić information content (AvgIpc) is 2.45. The molecular weight excluding hydrogens is 352 g/mol. The molecule has 21 heavy (non-hydrogen) atoms. The van der Waals surface area contributed by atoms with Crippen LogP contribution in [-0.4, -0.2) is 6.03 Å². The van der Waals surface area contributed by atoms with Crippen molar-refractivity contribution in [2.24, 2.45) is 0 Å². The summed E-state index contributed by atoms with van der Waals surface area (Å²) in [7, 11) is 0. The standard InChI is InChI=1S/C16H14BrClN2O/c1-11-10-14(6-7-15(11)17)20-16(21)19-9-8-12-2-4-13(18)5-3-12/h2-10H,1H3,(H2,19,20,21)/b9-8+. The molecule has 5 heteroatoms. The van der Waals surface area contributed by atoms with Gasteiger partial charge >= 0.3 is 6.03 Å². The molecule has 2 aromatic rings. The summed E-state index contributed by atoms with van der Waals surface area (Å²) in [6.45, 7) is 1.97. The lowest BCUT2D eigenvalue weighted by atomic mass is 10.2. The molecule has 0 saturated carbocycles. The zero-order valence-corrected chi connectivity index (χ0v) is 13.7. The maximum atomic E-state index is 11.7. The first-order valence-corrected chi connectivity index (χ1v) is 7.47. The molecule has 0 atom stereocenters. The van der Waals surface area contributed by atoms with Crippen molar-refractivity contribution in [3.05, 3.63) is 69.3 Å². The van der Waals surface area contributed by atoms with E-state index in [2.05, 4.69) is 26.6 Å². The number of carbonyl (C=O) groups is 1. The fourth-order valence-electron chi connectivity index (χ4n) is 1.68. The lowest BCUT2D eigenvalue weighted by Gasteiger charge is -2.06. The minimum absolute atomic E-state index is 0.290. The highest BCUT2D eigenvalue weighted by Gasteiger charge is 2.01. The van der Waals surface area contributed by atoms with E-state index in [1.165, 1.54) is 0 Å². The summed E-state index contributed by atoms with van der Waals surface area (Å²) in [6, 6.07) is 12.7. The zero-order valence-electron chi connectivity index (χ0n) is 11.4. The minimum Gasteiger partial charge on any atom is -0.314 e. The molecule has 0 saturated heterocycles. The van der Waals surface area contributed by atoms with Crippen LogP contribution >= 0.6 is 27.5 Å². The molecule has 0 aliphatic rings. The first kappa shape index (κ1) is 15.6. The van der Waals surface area contributed by atoms with Gasteiger partial charge in [0.05, 0.1) is 0 Å². The Kier molecular flexibility index (Phi) is 5.42. The van der Waals surface area contributed by atoms with Crippen molar-refractivity contribution in [2.45, 2.75) is 6.92 Å². The number of hydrogen-bond acceptors (Lipinski definition) is 1. The lowest BCUT2D eigenvalue weighted by Crippen LogP contribution is -2.23. The zero-order chi connectivity index (χ0) is 15.2. The van der Waals surface area contributed by atoms with E-state index in [0.717, 1.165) is 21.3 Å². The molecule has 0 fully saturated rings. The van der Waals surface area contributed by atoms with E-state index < -0.39 is 0 Å². The number of carbonyl (C=O) groups excluding carboxylic acids is 1. The summed E-state index contributed by atoms with van der Waals surface area (Å²) in [5, 5.41) is 6.10. The number of halogens is 2. The fourth-order valence-corrected chi connectivity index (χ4v) is 2.05.